The molecular formula is C6H5IInO3S. The third kappa shape index (κ3) is 3.23. The van der Waals surface area contributed by atoms with Crippen LogP contribution in [0, 0.1) is 3.57 Å². The summed E-state index contributed by atoms with van der Waals surface area (Å²) in [6, 6.07) is 6.24. The Labute approximate surface area is 103 Å². The second-order valence-electron chi connectivity index (χ2n) is 1.91. The Morgan fingerprint density at radius 2 is 1.75 bits per heavy atom. The molecular weight excluding hydrogens is 394 g/mol. The van der Waals surface area contributed by atoms with E-state index in [1.807, 2.05) is 22.6 Å². The number of benzene rings is 1. The summed E-state index contributed by atoms with van der Waals surface area (Å²) in [5, 5.41) is 0. The normalized spacial score (nSPS) is 10.5. The Kier molecular flexibility index (Phi) is 5.12. The zero-order chi connectivity index (χ0) is 8.48. The fourth-order valence-corrected chi connectivity index (χ4v) is 2.44. The standard InChI is InChI=1S/C6H5IO3S.In/c7-5-3-1-2-4-6(5)11(8,9)10;/h1-4H,(H,8,9,10);. The minimum Gasteiger partial charge on any atom is -0.282 e. The topological polar surface area (TPSA) is 54.4 Å². The van der Waals surface area contributed by atoms with Crippen molar-refractivity contribution < 1.29 is 13.0 Å². The van der Waals surface area contributed by atoms with Gasteiger partial charge in [0.15, 0.2) is 0 Å². The summed E-state index contributed by atoms with van der Waals surface area (Å²) in [6.07, 6.45) is 0. The summed E-state index contributed by atoms with van der Waals surface area (Å²) in [4.78, 5) is -0.0411. The molecule has 0 saturated heterocycles. The molecule has 0 bridgehead atoms. The van der Waals surface area contributed by atoms with Crippen molar-refractivity contribution in [3.63, 3.8) is 0 Å². The Balaban J connectivity index is 0.00000121. The molecule has 0 saturated carbocycles. The summed E-state index contributed by atoms with van der Waals surface area (Å²) in [5.74, 6) is 0. The molecule has 0 amide bonds. The number of halogens is 1. The van der Waals surface area contributed by atoms with Gasteiger partial charge in [0.25, 0.3) is 10.1 Å². The molecule has 0 aliphatic carbocycles. The van der Waals surface area contributed by atoms with Crippen molar-refractivity contribution in [2.75, 3.05) is 0 Å². The van der Waals surface area contributed by atoms with Gasteiger partial charge in [0, 0.05) is 29.4 Å². The molecule has 0 heterocycles. The maximum Gasteiger partial charge on any atom is 0.295 e. The van der Waals surface area contributed by atoms with Crippen LogP contribution in [-0.2, 0) is 10.1 Å². The smallest absolute Gasteiger partial charge is 0.282 e. The Hall–Kier alpha value is 0.730. The van der Waals surface area contributed by atoms with Crippen LogP contribution in [0.25, 0.3) is 0 Å². The van der Waals surface area contributed by atoms with Crippen LogP contribution in [0.4, 0.5) is 0 Å². The van der Waals surface area contributed by atoms with E-state index in [4.69, 9.17) is 4.55 Å². The van der Waals surface area contributed by atoms with Gasteiger partial charge >= 0.3 is 0 Å². The molecule has 3 nitrogen and oxygen atoms in total. The molecule has 0 atom stereocenters. The van der Waals surface area contributed by atoms with Crippen LogP contribution >= 0.6 is 22.6 Å². The second kappa shape index (κ2) is 4.83. The van der Waals surface area contributed by atoms with Crippen molar-refractivity contribution in [1.29, 1.82) is 0 Å². The van der Waals surface area contributed by atoms with E-state index in [-0.39, 0.29) is 30.7 Å². The first-order chi connectivity index (χ1) is 5.02. The molecule has 0 aliphatic heterocycles. The summed E-state index contributed by atoms with van der Waals surface area (Å²) in [7, 11) is -4.04. The van der Waals surface area contributed by atoms with E-state index in [0.717, 1.165) is 0 Å². The first-order valence-electron chi connectivity index (χ1n) is 2.74. The van der Waals surface area contributed by atoms with Crippen molar-refractivity contribution in [1.82, 2.24) is 0 Å². The average molecular weight is 399 g/mol. The van der Waals surface area contributed by atoms with Crippen molar-refractivity contribution in [3.8, 4) is 0 Å². The van der Waals surface area contributed by atoms with Crippen LogP contribution in [0.15, 0.2) is 29.2 Å². The average Bonchev–Trinajstić information content (AvgIpc) is 1.86. The number of hydrogen-bond donors (Lipinski definition) is 1. The monoisotopic (exact) mass is 399 g/mol. The largest absolute Gasteiger partial charge is 0.295 e. The Morgan fingerprint density at radius 3 is 2.08 bits per heavy atom. The van der Waals surface area contributed by atoms with Crippen molar-refractivity contribution >= 4 is 58.6 Å². The van der Waals surface area contributed by atoms with Gasteiger partial charge in [-0.25, -0.2) is 0 Å². The van der Waals surface area contributed by atoms with Gasteiger partial charge in [-0.05, 0) is 34.7 Å². The molecule has 12 heavy (non-hydrogen) atoms. The molecule has 1 rings (SSSR count). The molecule has 1 aromatic carbocycles. The van der Waals surface area contributed by atoms with Crippen LogP contribution in [0.3, 0.4) is 0 Å². The third-order valence-electron chi connectivity index (χ3n) is 1.11. The van der Waals surface area contributed by atoms with Gasteiger partial charge in [0.1, 0.15) is 4.90 Å². The SMILES string of the molecule is O=S(=O)(O)c1ccccc1I.[In]. The quantitative estimate of drug-likeness (QED) is 0.570. The van der Waals surface area contributed by atoms with Gasteiger partial charge in [-0.15, -0.1) is 0 Å². The molecule has 0 aromatic heterocycles. The van der Waals surface area contributed by atoms with E-state index < -0.39 is 10.1 Å². The molecule has 0 fully saturated rings. The van der Waals surface area contributed by atoms with Crippen LogP contribution in [0.2, 0.25) is 0 Å². The fraction of sp³-hybridized carbons (Fsp3) is 0. The minimum atomic E-state index is -4.04. The maximum absolute atomic E-state index is 10.6. The van der Waals surface area contributed by atoms with Gasteiger partial charge in [0.05, 0.1) is 0 Å². The first kappa shape index (κ1) is 12.7. The van der Waals surface area contributed by atoms with Crippen molar-refractivity contribution in [3.05, 3.63) is 27.8 Å². The van der Waals surface area contributed by atoms with Crippen molar-refractivity contribution in [2.45, 2.75) is 4.90 Å². The zero-order valence-corrected chi connectivity index (χ0v) is 12.2. The molecule has 3 radical (unpaired) electrons. The van der Waals surface area contributed by atoms with Gasteiger partial charge in [0.2, 0.25) is 0 Å². The fourth-order valence-electron chi connectivity index (χ4n) is 0.654. The Bertz CT molecular complexity index is 363. The number of rotatable bonds is 1. The van der Waals surface area contributed by atoms with E-state index in [1.54, 1.807) is 18.2 Å². The van der Waals surface area contributed by atoms with Crippen LogP contribution in [0.5, 0.6) is 0 Å². The Morgan fingerprint density at radius 1 is 1.25 bits per heavy atom. The summed E-state index contributed by atoms with van der Waals surface area (Å²) < 4.78 is 30.4. The van der Waals surface area contributed by atoms with E-state index in [2.05, 4.69) is 0 Å². The number of hydrogen-bond acceptors (Lipinski definition) is 2. The van der Waals surface area contributed by atoms with E-state index in [0.29, 0.717) is 3.57 Å². The van der Waals surface area contributed by atoms with Gasteiger partial charge in [-0.2, -0.15) is 8.42 Å². The van der Waals surface area contributed by atoms with E-state index in [1.165, 1.54) is 6.07 Å². The van der Waals surface area contributed by atoms with Gasteiger partial charge in [-0.3, -0.25) is 4.55 Å². The molecule has 6 heteroatoms. The summed E-state index contributed by atoms with van der Waals surface area (Å²) in [5.41, 5.74) is 0. The summed E-state index contributed by atoms with van der Waals surface area (Å²) in [6.45, 7) is 0. The zero-order valence-electron chi connectivity index (χ0n) is 5.94. The molecule has 1 aromatic rings. The predicted octanol–water partition coefficient (Wildman–Crippen LogP) is 1.16. The van der Waals surface area contributed by atoms with E-state index in [9.17, 15) is 8.42 Å². The molecule has 0 unspecified atom stereocenters. The van der Waals surface area contributed by atoms with Crippen LogP contribution in [0.1, 0.15) is 0 Å². The first-order valence-corrected chi connectivity index (χ1v) is 5.26. The van der Waals surface area contributed by atoms with Crippen molar-refractivity contribution in [2.24, 2.45) is 0 Å². The molecule has 0 aliphatic rings. The van der Waals surface area contributed by atoms with Gasteiger partial charge in [-0.1, -0.05) is 12.1 Å². The van der Waals surface area contributed by atoms with Gasteiger partial charge < -0.3 is 0 Å². The van der Waals surface area contributed by atoms with Crippen LogP contribution < -0.4 is 0 Å². The maximum atomic E-state index is 10.6. The summed E-state index contributed by atoms with van der Waals surface area (Å²) >= 11 is 1.85. The third-order valence-corrected chi connectivity index (χ3v) is 3.33. The molecule has 1 N–H and O–H groups in total. The molecule has 0 spiro atoms. The molecule has 63 valence electrons. The minimum absolute atomic E-state index is 0. The van der Waals surface area contributed by atoms with Crippen LogP contribution in [-0.4, -0.2) is 38.8 Å². The second-order valence-corrected chi connectivity index (χ2v) is 4.46. The van der Waals surface area contributed by atoms with E-state index >= 15 is 0 Å². The predicted molar refractivity (Wildman–Crippen MR) is 54.7 cm³/mol.